The highest BCUT2D eigenvalue weighted by molar-refractivity contribution is 6.04. The third-order valence-corrected chi connectivity index (χ3v) is 5.01. The van der Waals surface area contributed by atoms with E-state index in [2.05, 4.69) is 24.5 Å². The van der Waals surface area contributed by atoms with Crippen molar-refractivity contribution in [2.45, 2.75) is 53.4 Å². The number of amides is 2. The number of nitrogens with zero attached hydrogens (tertiary/aromatic N) is 1. The van der Waals surface area contributed by atoms with Gasteiger partial charge in [-0.15, -0.1) is 0 Å². The third kappa shape index (κ3) is 6.43. The summed E-state index contributed by atoms with van der Waals surface area (Å²) in [6.07, 6.45) is 3.50. The van der Waals surface area contributed by atoms with Gasteiger partial charge < -0.3 is 24.8 Å². The van der Waals surface area contributed by atoms with Crippen molar-refractivity contribution >= 4 is 11.8 Å². The Morgan fingerprint density at radius 3 is 1.61 bits per heavy atom. The molecule has 1 heterocycles. The zero-order valence-corrected chi connectivity index (χ0v) is 20.5. The maximum atomic E-state index is 13.3. The molecule has 0 atom stereocenters. The smallest absolute Gasteiger partial charge is 0.272 e. The SMILES string of the molecule is CCCCOc1c(OCCCC)c(C(=O)NCC)n(-c2ccc(OC)cc2)c1C(=O)NCC. The van der Waals surface area contributed by atoms with Gasteiger partial charge in [0, 0.05) is 18.8 Å². The van der Waals surface area contributed by atoms with Gasteiger partial charge in [-0.2, -0.15) is 0 Å². The normalized spacial score (nSPS) is 10.6. The van der Waals surface area contributed by atoms with Gasteiger partial charge >= 0.3 is 0 Å². The number of nitrogens with one attached hydrogen (secondary N) is 2. The summed E-state index contributed by atoms with van der Waals surface area (Å²) < 4.78 is 19.1. The minimum atomic E-state index is -0.337. The summed E-state index contributed by atoms with van der Waals surface area (Å²) in [6.45, 7) is 9.51. The lowest BCUT2D eigenvalue weighted by atomic mass is 10.2. The highest BCUT2D eigenvalue weighted by atomic mass is 16.5. The van der Waals surface area contributed by atoms with Crippen LogP contribution in [0.1, 0.15) is 74.4 Å². The van der Waals surface area contributed by atoms with Gasteiger partial charge in [0.25, 0.3) is 11.8 Å². The van der Waals surface area contributed by atoms with Crippen molar-refractivity contribution in [2.75, 3.05) is 33.4 Å². The first-order valence-electron chi connectivity index (χ1n) is 11.8. The van der Waals surface area contributed by atoms with Gasteiger partial charge in [-0.25, -0.2) is 0 Å². The second-order valence-electron chi connectivity index (χ2n) is 7.51. The summed E-state index contributed by atoms with van der Waals surface area (Å²) in [5, 5.41) is 5.70. The Balaban J connectivity index is 2.82. The molecule has 0 aliphatic heterocycles. The van der Waals surface area contributed by atoms with Crippen LogP contribution in [0.25, 0.3) is 5.69 Å². The van der Waals surface area contributed by atoms with E-state index in [1.54, 1.807) is 35.9 Å². The molecule has 0 aliphatic carbocycles. The van der Waals surface area contributed by atoms with Gasteiger partial charge in [0.2, 0.25) is 0 Å². The average molecular weight is 460 g/mol. The summed E-state index contributed by atoms with van der Waals surface area (Å²) in [4.78, 5) is 26.5. The molecule has 182 valence electrons. The van der Waals surface area contributed by atoms with E-state index < -0.39 is 0 Å². The van der Waals surface area contributed by atoms with Crippen molar-refractivity contribution in [1.82, 2.24) is 15.2 Å². The number of unbranched alkanes of at least 4 members (excludes halogenated alkanes) is 2. The molecule has 2 amide bonds. The van der Waals surface area contributed by atoms with E-state index in [0.29, 0.717) is 49.2 Å². The Hall–Kier alpha value is -3.16. The van der Waals surface area contributed by atoms with E-state index in [1.807, 2.05) is 13.8 Å². The lowest BCUT2D eigenvalue weighted by Gasteiger charge is -2.14. The lowest BCUT2D eigenvalue weighted by molar-refractivity contribution is 0.0942. The lowest BCUT2D eigenvalue weighted by Crippen LogP contribution is -2.29. The molecule has 0 aliphatic rings. The number of ether oxygens (including phenoxy) is 3. The molecular weight excluding hydrogens is 422 g/mol. The highest BCUT2D eigenvalue weighted by Gasteiger charge is 2.34. The van der Waals surface area contributed by atoms with Crippen molar-refractivity contribution < 1.29 is 23.8 Å². The molecule has 0 spiro atoms. The van der Waals surface area contributed by atoms with Gasteiger partial charge in [-0.05, 0) is 51.0 Å². The largest absolute Gasteiger partial charge is 0.497 e. The van der Waals surface area contributed by atoms with Crippen LogP contribution >= 0.6 is 0 Å². The molecule has 0 saturated carbocycles. The fourth-order valence-corrected chi connectivity index (χ4v) is 3.32. The van der Waals surface area contributed by atoms with E-state index in [-0.39, 0.29) is 23.2 Å². The average Bonchev–Trinajstić information content (AvgIpc) is 3.14. The zero-order valence-electron chi connectivity index (χ0n) is 20.5. The molecule has 1 aromatic heterocycles. The number of methoxy groups -OCH3 is 1. The molecule has 8 nitrogen and oxygen atoms in total. The maximum absolute atomic E-state index is 13.3. The van der Waals surface area contributed by atoms with Crippen molar-refractivity contribution in [2.24, 2.45) is 0 Å². The van der Waals surface area contributed by atoms with Crippen molar-refractivity contribution in [3.05, 3.63) is 35.7 Å². The van der Waals surface area contributed by atoms with Gasteiger partial charge in [-0.1, -0.05) is 26.7 Å². The molecular formula is C25H37N3O5. The van der Waals surface area contributed by atoms with E-state index in [0.717, 1.165) is 25.7 Å². The first kappa shape index (κ1) is 26.1. The molecule has 0 unspecified atom stereocenters. The van der Waals surface area contributed by atoms with Gasteiger partial charge in [-0.3, -0.25) is 14.2 Å². The Morgan fingerprint density at radius 2 is 1.24 bits per heavy atom. The van der Waals surface area contributed by atoms with E-state index in [1.165, 1.54) is 0 Å². The molecule has 2 aromatic rings. The topological polar surface area (TPSA) is 90.8 Å². The van der Waals surface area contributed by atoms with Crippen LogP contribution in [0.4, 0.5) is 0 Å². The maximum Gasteiger partial charge on any atom is 0.272 e. The predicted molar refractivity (Wildman–Crippen MR) is 129 cm³/mol. The van der Waals surface area contributed by atoms with E-state index in [4.69, 9.17) is 14.2 Å². The third-order valence-electron chi connectivity index (χ3n) is 5.01. The minimum absolute atomic E-state index is 0.242. The number of hydrogen-bond acceptors (Lipinski definition) is 5. The molecule has 0 bridgehead atoms. The van der Waals surface area contributed by atoms with Crippen molar-refractivity contribution in [1.29, 1.82) is 0 Å². The number of benzene rings is 1. The molecule has 8 heteroatoms. The van der Waals surface area contributed by atoms with Crippen LogP contribution in [0.15, 0.2) is 24.3 Å². The minimum Gasteiger partial charge on any atom is -0.497 e. The molecule has 0 radical (unpaired) electrons. The van der Waals surface area contributed by atoms with Crippen LogP contribution in [0, 0.1) is 0 Å². The molecule has 0 saturated heterocycles. The quantitative estimate of drug-likeness (QED) is 0.410. The summed E-state index contributed by atoms with van der Waals surface area (Å²) >= 11 is 0. The Labute approximate surface area is 196 Å². The van der Waals surface area contributed by atoms with Crippen LogP contribution in [-0.2, 0) is 0 Å². The number of carbonyl (C=O) groups excluding carboxylic acids is 2. The van der Waals surface area contributed by atoms with Gasteiger partial charge in [0.1, 0.15) is 5.75 Å². The number of hydrogen-bond donors (Lipinski definition) is 2. The van der Waals surface area contributed by atoms with Crippen LogP contribution in [0.2, 0.25) is 0 Å². The fourth-order valence-electron chi connectivity index (χ4n) is 3.32. The molecule has 2 N–H and O–H groups in total. The number of rotatable bonds is 14. The zero-order chi connectivity index (χ0) is 24.2. The molecule has 33 heavy (non-hydrogen) atoms. The predicted octanol–water partition coefficient (Wildman–Crippen LogP) is 4.34. The summed E-state index contributed by atoms with van der Waals surface area (Å²) in [5.41, 5.74) is 1.11. The Kier molecular flexibility index (Phi) is 10.6. The van der Waals surface area contributed by atoms with E-state index in [9.17, 15) is 9.59 Å². The molecule has 1 aromatic carbocycles. The summed E-state index contributed by atoms with van der Waals surface area (Å²) in [5.74, 6) is 0.584. The summed E-state index contributed by atoms with van der Waals surface area (Å²) in [7, 11) is 1.59. The van der Waals surface area contributed by atoms with Crippen molar-refractivity contribution in [3.63, 3.8) is 0 Å². The van der Waals surface area contributed by atoms with Gasteiger partial charge in [0.05, 0.1) is 20.3 Å². The van der Waals surface area contributed by atoms with Crippen LogP contribution in [0.5, 0.6) is 17.2 Å². The van der Waals surface area contributed by atoms with Crippen molar-refractivity contribution in [3.8, 4) is 22.9 Å². The number of carbonyl (C=O) groups is 2. The second-order valence-corrected chi connectivity index (χ2v) is 7.51. The fraction of sp³-hybridized carbons (Fsp3) is 0.520. The monoisotopic (exact) mass is 459 g/mol. The molecule has 0 fully saturated rings. The van der Waals surface area contributed by atoms with Crippen LogP contribution in [0.3, 0.4) is 0 Å². The van der Waals surface area contributed by atoms with Crippen LogP contribution < -0.4 is 24.8 Å². The molecule has 2 rings (SSSR count). The first-order valence-corrected chi connectivity index (χ1v) is 11.8. The van der Waals surface area contributed by atoms with Crippen LogP contribution in [-0.4, -0.2) is 49.8 Å². The van der Waals surface area contributed by atoms with E-state index >= 15 is 0 Å². The number of aromatic nitrogens is 1. The van der Waals surface area contributed by atoms with Gasteiger partial charge in [0.15, 0.2) is 22.9 Å². The Bertz CT molecular complexity index is 856. The highest BCUT2D eigenvalue weighted by Crippen LogP contribution is 2.41. The standard InChI is InChI=1S/C25H37N3O5/c1-6-10-16-32-22-20(24(29)26-8-3)28(18-12-14-19(31-5)15-13-18)21(25(30)27-9-4)23(22)33-17-11-7-2/h12-15H,6-11,16-17H2,1-5H3,(H,26,29)(H,27,30). The Morgan fingerprint density at radius 1 is 0.788 bits per heavy atom. The summed E-state index contributed by atoms with van der Waals surface area (Å²) in [6, 6.07) is 7.17. The second kappa shape index (κ2) is 13.4. The first-order chi connectivity index (χ1) is 16.0.